The van der Waals surface area contributed by atoms with E-state index in [0.717, 1.165) is 37.5 Å². The van der Waals surface area contributed by atoms with Crippen LogP contribution >= 0.6 is 24.0 Å². The van der Waals surface area contributed by atoms with E-state index in [0.29, 0.717) is 24.4 Å². The van der Waals surface area contributed by atoms with Crippen LogP contribution in [0.5, 0.6) is 5.75 Å². The second kappa shape index (κ2) is 12.2. The van der Waals surface area contributed by atoms with Crippen molar-refractivity contribution < 1.29 is 9.53 Å². The molecule has 0 aromatic heterocycles. The van der Waals surface area contributed by atoms with Gasteiger partial charge >= 0.3 is 0 Å². The van der Waals surface area contributed by atoms with Gasteiger partial charge in [-0.1, -0.05) is 19.1 Å². The van der Waals surface area contributed by atoms with Crippen molar-refractivity contribution in [1.82, 2.24) is 20.9 Å². The smallest absolute Gasteiger partial charge is 0.258 e. The average molecular weight is 515 g/mol. The molecule has 1 heterocycles. The number of ether oxygens (including phenoxy) is 1. The van der Waals surface area contributed by atoms with Gasteiger partial charge in [-0.15, -0.1) is 24.0 Å². The van der Waals surface area contributed by atoms with Gasteiger partial charge in [0.05, 0.1) is 0 Å². The number of halogens is 1. The van der Waals surface area contributed by atoms with Crippen molar-refractivity contribution in [1.29, 1.82) is 0 Å². The summed E-state index contributed by atoms with van der Waals surface area (Å²) in [6, 6.07) is 8.76. The first kappa shape index (κ1) is 23.7. The lowest BCUT2D eigenvalue weighted by molar-refractivity contribution is -0.123. The number of nitrogens with one attached hydrogen (secondary N) is 3. The van der Waals surface area contributed by atoms with Gasteiger partial charge in [0.15, 0.2) is 12.6 Å². The van der Waals surface area contributed by atoms with Crippen molar-refractivity contribution >= 4 is 35.8 Å². The van der Waals surface area contributed by atoms with Gasteiger partial charge in [-0.3, -0.25) is 14.7 Å². The molecule has 1 aliphatic heterocycles. The zero-order chi connectivity index (χ0) is 19.8. The van der Waals surface area contributed by atoms with Crippen LogP contribution in [-0.2, 0) is 11.3 Å². The number of benzene rings is 1. The Bertz CT molecular complexity index is 681. The maximum atomic E-state index is 11.8. The van der Waals surface area contributed by atoms with E-state index in [1.165, 1.54) is 19.4 Å². The van der Waals surface area contributed by atoms with Gasteiger partial charge in [0, 0.05) is 32.2 Å². The molecule has 0 spiro atoms. The summed E-state index contributed by atoms with van der Waals surface area (Å²) < 4.78 is 5.62. The Hall–Kier alpha value is -1.55. The molecule has 162 valence electrons. The van der Waals surface area contributed by atoms with Crippen molar-refractivity contribution in [2.24, 2.45) is 4.99 Å². The molecule has 8 heteroatoms. The Kier molecular flexibility index (Phi) is 9.99. The fraction of sp³-hybridized carbons (Fsp3) is 0.619. The lowest BCUT2D eigenvalue weighted by Gasteiger charge is -2.24. The molecule has 2 fully saturated rings. The van der Waals surface area contributed by atoms with Crippen LogP contribution in [0.15, 0.2) is 29.3 Å². The third kappa shape index (κ3) is 8.00. The molecule has 1 aromatic rings. The predicted octanol–water partition coefficient (Wildman–Crippen LogP) is 2.11. The summed E-state index contributed by atoms with van der Waals surface area (Å²) in [5.41, 5.74) is 1.08. The Labute approximate surface area is 191 Å². The molecule has 0 bridgehead atoms. The van der Waals surface area contributed by atoms with Gasteiger partial charge in [-0.25, -0.2) is 0 Å². The highest BCUT2D eigenvalue weighted by Crippen LogP contribution is 2.19. The number of aliphatic imine (C=N–C) groups is 1. The monoisotopic (exact) mass is 515 g/mol. The molecule has 1 saturated heterocycles. The molecule has 7 nitrogen and oxygen atoms in total. The quantitative estimate of drug-likeness (QED) is 0.267. The highest BCUT2D eigenvalue weighted by Gasteiger charge is 2.23. The van der Waals surface area contributed by atoms with E-state index in [-0.39, 0.29) is 36.5 Å². The van der Waals surface area contributed by atoms with Gasteiger partial charge in [-0.2, -0.15) is 0 Å². The normalized spacial score (nSPS) is 19.4. The standard InChI is InChI=1S/C21H33N5O2.HI/c1-3-26-11-5-7-18(26)14-24-21(22-2)23-13-16-6-4-8-19(12-16)28-15-20(27)25-17-9-10-17;/h4,6,8,12,17-18H,3,5,7,9-11,13-15H2,1-2H3,(H,25,27)(H2,22,23,24);1H. The van der Waals surface area contributed by atoms with Crippen LogP contribution in [0.25, 0.3) is 0 Å². The summed E-state index contributed by atoms with van der Waals surface area (Å²) in [5, 5.41) is 9.72. The third-order valence-corrected chi connectivity index (χ3v) is 5.30. The Morgan fingerprint density at radius 3 is 2.83 bits per heavy atom. The fourth-order valence-corrected chi connectivity index (χ4v) is 3.55. The van der Waals surface area contributed by atoms with Crippen LogP contribution in [0.3, 0.4) is 0 Å². The summed E-state index contributed by atoms with van der Waals surface area (Å²) in [7, 11) is 1.79. The van der Waals surface area contributed by atoms with E-state index < -0.39 is 0 Å². The van der Waals surface area contributed by atoms with Gasteiger partial charge < -0.3 is 20.7 Å². The molecular weight excluding hydrogens is 481 g/mol. The topological polar surface area (TPSA) is 78.0 Å². The maximum absolute atomic E-state index is 11.8. The summed E-state index contributed by atoms with van der Waals surface area (Å²) >= 11 is 0. The zero-order valence-corrected chi connectivity index (χ0v) is 19.8. The third-order valence-electron chi connectivity index (χ3n) is 5.30. The van der Waals surface area contributed by atoms with E-state index in [2.05, 4.69) is 32.8 Å². The van der Waals surface area contributed by atoms with Crippen LogP contribution in [0.1, 0.15) is 38.2 Å². The van der Waals surface area contributed by atoms with Crippen LogP contribution in [-0.4, -0.2) is 62.1 Å². The summed E-state index contributed by atoms with van der Waals surface area (Å²) in [4.78, 5) is 18.6. The van der Waals surface area contributed by atoms with E-state index >= 15 is 0 Å². The number of rotatable bonds is 9. The van der Waals surface area contributed by atoms with E-state index in [1.807, 2.05) is 24.3 Å². The number of likely N-dealkylation sites (tertiary alicyclic amines) is 1. The molecular formula is C21H34IN5O2. The first-order chi connectivity index (χ1) is 13.7. The second-order valence-electron chi connectivity index (χ2n) is 7.51. The molecule has 2 aliphatic rings. The minimum Gasteiger partial charge on any atom is -0.484 e. The number of carbonyl (C=O) groups excluding carboxylic acids is 1. The van der Waals surface area contributed by atoms with Crippen molar-refractivity contribution in [3.63, 3.8) is 0 Å². The predicted molar refractivity (Wildman–Crippen MR) is 127 cm³/mol. The van der Waals surface area contributed by atoms with Gasteiger partial charge in [0.1, 0.15) is 5.75 Å². The molecule has 1 amide bonds. The van der Waals surface area contributed by atoms with Gasteiger partial charge in [0.2, 0.25) is 0 Å². The van der Waals surface area contributed by atoms with Crippen molar-refractivity contribution in [2.45, 2.75) is 51.2 Å². The minimum atomic E-state index is -0.0522. The number of carbonyl (C=O) groups is 1. The molecule has 1 aromatic carbocycles. The largest absolute Gasteiger partial charge is 0.484 e. The van der Waals surface area contributed by atoms with Gasteiger partial charge in [-0.05, 0) is 56.5 Å². The minimum absolute atomic E-state index is 0. The second-order valence-corrected chi connectivity index (χ2v) is 7.51. The van der Waals surface area contributed by atoms with E-state index in [4.69, 9.17) is 4.74 Å². The molecule has 3 N–H and O–H groups in total. The SMILES string of the molecule is CCN1CCCC1CNC(=NC)NCc1cccc(OCC(=O)NC2CC2)c1.I. The molecule has 1 atom stereocenters. The van der Waals surface area contributed by atoms with Crippen LogP contribution in [0.4, 0.5) is 0 Å². The molecule has 29 heavy (non-hydrogen) atoms. The van der Waals surface area contributed by atoms with E-state index in [9.17, 15) is 4.79 Å². The van der Waals surface area contributed by atoms with Crippen LogP contribution in [0.2, 0.25) is 0 Å². The van der Waals surface area contributed by atoms with Gasteiger partial charge in [0.25, 0.3) is 5.91 Å². The lowest BCUT2D eigenvalue weighted by atomic mass is 10.2. The lowest BCUT2D eigenvalue weighted by Crippen LogP contribution is -2.44. The summed E-state index contributed by atoms with van der Waals surface area (Å²) in [6.45, 7) is 6.13. The number of likely N-dealkylation sites (N-methyl/N-ethyl adjacent to an activating group) is 1. The van der Waals surface area contributed by atoms with E-state index in [1.54, 1.807) is 7.05 Å². The zero-order valence-electron chi connectivity index (χ0n) is 17.4. The maximum Gasteiger partial charge on any atom is 0.258 e. The number of guanidine groups is 1. The number of amides is 1. The molecule has 3 rings (SSSR count). The Morgan fingerprint density at radius 1 is 1.28 bits per heavy atom. The molecule has 1 unspecified atom stereocenters. The fourth-order valence-electron chi connectivity index (χ4n) is 3.55. The van der Waals surface area contributed by atoms with Crippen LogP contribution in [0, 0.1) is 0 Å². The number of hydrogen-bond donors (Lipinski definition) is 3. The number of nitrogens with zero attached hydrogens (tertiary/aromatic N) is 2. The van der Waals surface area contributed by atoms with Crippen molar-refractivity contribution in [2.75, 3.05) is 33.3 Å². The Morgan fingerprint density at radius 2 is 2.10 bits per heavy atom. The van der Waals surface area contributed by atoms with Crippen molar-refractivity contribution in [3.05, 3.63) is 29.8 Å². The molecule has 0 radical (unpaired) electrons. The highest BCUT2D eigenvalue weighted by atomic mass is 127. The molecule has 1 saturated carbocycles. The Balaban J connectivity index is 0.00000300. The number of hydrogen-bond acceptors (Lipinski definition) is 4. The first-order valence-corrected chi connectivity index (χ1v) is 10.4. The first-order valence-electron chi connectivity index (χ1n) is 10.4. The average Bonchev–Trinajstić information content (AvgIpc) is 3.41. The van der Waals surface area contributed by atoms with Crippen LogP contribution < -0.4 is 20.7 Å². The highest BCUT2D eigenvalue weighted by molar-refractivity contribution is 14.0. The van der Waals surface area contributed by atoms with Crippen molar-refractivity contribution in [3.8, 4) is 5.75 Å². The summed E-state index contributed by atoms with van der Waals surface area (Å²) in [5.74, 6) is 1.46. The summed E-state index contributed by atoms with van der Waals surface area (Å²) in [6.07, 6.45) is 4.68. The molecule has 1 aliphatic carbocycles.